The van der Waals surface area contributed by atoms with Crippen molar-refractivity contribution in [2.45, 2.75) is 116 Å². The summed E-state index contributed by atoms with van der Waals surface area (Å²) in [5, 5.41) is 35.6. The number of hydrogen-bond acceptors (Lipinski definition) is 5. The molecule has 5 nitrogen and oxygen atoms in total. The molecular formula is C26H46O5Si. The van der Waals surface area contributed by atoms with E-state index in [1.165, 1.54) is 0 Å². The Kier molecular flexibility index (Phi) is 5.35. The van der Waals surface area contributed by atoms with Crippen LogP contribution in [-0.2, 0) is 9.53 Å². The molecule has 3 rings (SSSR count). The summed E-state index contributed by atoms with van der Waals surface area (Å²) in [6, 6.07) is 0. The van der Waals surface area contributed by atoms with Gasteiger partial charge in [-0.1, -0.05) is 61.5 Å². The highest BCUT2D eigenvalue weighted by atomic mass is 28.1. The van der Waals surface area contributed by atoms with Gasteiger partial charge in [0.25, 0.3) is 0 Å². The van der Waals surface area contributed by atoms with E-state index in [9.17, 15) is 20.1 Å². The quantitative estimate of drug-likeness (QED) is 0.409. The van der Waals surface area contributed by atoms with E-state index >= 15 is 0 Å². The predicted molar refractivity (Wildman–Crippen MR) is 131 cm³/mol. The van der Waals surface area contributed by atoms with Crippen LogP contribution in [0.1, 0.15) is 82.1 Å². The molecule has 0 aromatic heterocycles. The third-order valence-corrected chi connectivity index (χ3v) is 14.6. The topological polar surface area (TPSA) is 87.0 Å². The Morgan fingerprint density at radius 1 is 1.09 bits per heavy atom. The van der Waals surface area contributed by atoms with E-state index in [2.05, 4.69) is 55.0 Å². The predicted octanol–water partition coefficient (Wildman–Crippen LogP) is 2.79. The number of fused-ring (bicyclic) bond motifs is 3. The van der Waals surface area contributed by atoms with Gasteiger partial charge in [-0.25, -0.2) is 0 Å². The molecule has 0 amide bonds. The smallest absolute Gasteiger partial charge is 0.171 e. The summed E-state index contributed by atoms with van der Waals surface area (Å²) >= 11 is 0. The molecule has 6 heteroatoms. The standard InChI is InChI=1S/C26H46O5Si/c1-12-22(9)13-15(27)25(30)23(10)17(16(28)18(29)24(25,11)31-22)20(5,6)14-21(7,8)26(23,32)19(2,3)4/h12,16-18,28-30H,1,13-14H2,2-11,32H3/t16-,17-,18-,22-,23-,24+,25-,26-/m0/s1. The Labute approximate surface area is 197 Å². The third-order valence-electron chi connectivity index (χ3n) is 10.7. The van der Waals surface area contributed by atoms with E-state index in [1.807, 2.05) is 6.92 Å². The van der Waals surface area contributed by atoms with E-state index in [0.29, 0.717) is 10.2 Å². The first kappa shape index (κ1) is 26.1. The Hall–Kier alpha value is -0.533. The number of aliphatic hydroxyl groups is 3. The minimum atomic E-state index is -1.98. The number of ketones is 1. The van der Waals surface area contributed by atoms with Crippen LogP contribution in [0.5, 0.6) is 0 Å². The molecule has 0 aromatic carbocycles. The van der Waals surface area contributed by atoms with Crippen molar-refractivity contribution in [3.63, 3.8) is 0 Å². The molecule has 3 aliphatic rings. The van der Waals surface area contributed by atoms with Gasteiger partial charge < -0.3 is 20.1 Å². The molecule has 32 heavy (non-hydrogen) atoms. The van der Waals surface area contributed by atoms with Gasteiger partial charge in [0.05, 0.1) is 11.7 Å². The second kappa shape index (κ2) is 6.57. The Morgan fingerprint density at radius 2 is 1.59 bits per heavy atom. The van der Waals surface area contributed by atoms with Crippen molar-refractivity contribution in [3.8, 4) is 0 Å². The van der Waals surface area contributed by atoms with E-state index in [4.69, 9.17) is 4.74 Å². The van der Waals surface area contributed by atoms with Gasteiger partial charge in [0, 0.05) is 28.0 Å². The number of carbonyl (C=O) groups is 1. The number of carbonyl (C=O) groups excluding carboxylic acids is 1. The molecule has 0 bridgehead atoms. The van der Waals surface area contributed by atoms with Gasteiger partial charge in [-0.15, -0.1) is 6.58 Å². The fourth-order valence-electron chi connectivity index (χ4n) is 9.43. The number of hydrogen-bond donors (Lipinski definition) is 3. The van der Waals surface area contributed by atoms with Gasteiger partial charge in [-0.3, -0.25) is 4.79 Å². The van der Waals surface area contributed by atoms with Crippen LogP contribution < -0.4 is 0 Å². The van der Waals surface area contributed by atoms with Crippen LogP contribution in [0.3, 0.4) is 0 Å². The SMILES string of the molecule is C=C[C@@]1(C)CC(=O)[C@]2(O)[C@]3(C)[C@@H]([C@H](O)[C@H](O)[C@@]2(C)O1)C(C)(C)CC(C)(C)[C@@]3([SiH3])C(C)(C)C. The zero-order valence-corrected chi connectivity index (χ0v) is 24.1. The minimum absolute atomic E-state index is 0.0175. The van der Waals surface area contributed by atoms with E-state index in [1.54, 1.807) is 19.9 Å². The zero-order valence-electron chi connectivity index (χ0n) is 22.1. The summed E-state index contributed by atoms with van der Waals surface area (Å²) in [4.78, 5) is 14.1. The van der Waals surface area contributed by atoms with Crippen LogP contribution >= 0.6 is 0 Å². The lowest BCUT2D eigenvalue weighted by Gasteiger charge is -2.79. The minimum Gasteiger partial charge on any atom is -0.390 e. The lowest BCUT2D eigenvalue weighted by atomic mass is 9.31. The molecule has 184 valence electrons. The van der Waals surface area contributed by atoms with Crippen molar-refractivity contribution in [3.05, 3.63) is 12.7 Å². The van der Waals surface area contributed by atoms with Gasteiger partial charge >= 0.3 is 0 Å². The highest BCUT2D eigenvalue weighted by molar-refractivity contribution is 6.18. The van der Waals surface area contributed by atoms with Crippen molar-refractivity contribution >= 4 is 16.0 Å². The molecule has 1 saturated heterocycles. The number of rotatable bonds is 1. The van der Waals surface area contributed by atoms with Gasteiger partial charge in [0.2, 0.25) is 0 Å². The second-order valence-electron chi connectivity index (χ2n) is 14.1. The first-order valence-electron chi connectivity index (χ1n) is 12.0. The van der Waals surface area contributed by atoms with Gasteiger partial charge in [0.1, 0.15) is 11.7 Å². The lowest BCUT2D eigenvalue weighted by molar-refractivity contribution is -0.377. The monoisotopic (exact) mass is 466 g/mol. The van der Waals surface area contributed by atoms with Crippen LogP contribution in [0.4, 0.5) is 0 Å². The molecule has 1 aliphatic heterocycles. The van der Waals surface area contributed by atoms with Crippen molar-refractivity contribution in [1.29, 1.82) is 0 Å². The summed E-state index contributed by atoms with van der Waals surface area (Å²) in [6.07, 6.45) is -0.198. The fourth-order valence-corrected chi connectivity index (χ4v) is 10.3. The molecule has 0 unspecified atom stereocenters. The molecule has 1 heterocycles. The molecule has 3 N–H and O–H groups in total. The first-order chi connectivity index (χ1) is 14.0. The molecular weight excluding hydrogens is 420 g/mol. The van der Waals surface area contributed by atoms with Crippen LogP contribution in [0.2, 0.25) is 5.04 Å². The maximum Gasteiger partial charge on any atom is 0.171 e. The zero-order chi connectivity index (χ0) is 25.1. The number of Topliss-reactive ketones (excluding diaryl/α,β-unsaturated/α-hetero) is 1. The fraction of sp³-hybridized carbons (Fsp3) is 0.885. The second-order valence-corrected chi connectivity index (χ2v) is 15.6. The highest BCUT2D eigenvalue weighted by Gasteiger charge is 2.85. The molecule has 0 spiro atoms. The third kappa shape index (κ3) is 2.57. The van der Waals surface area contributed by atoms with Crippen LogP contribution in [0.25, 0.3) is 0 Å². The van der Waals surface area contributed by atoms with E-state index in [0.717, 1.165) is 6.42 Å². The van der Waals surface area contributed by atoms with Gasteiger partial charge in [-0.2, -0.15) is 0 Å². The van der Waals surface area contributed by atoms with Crippen LogP contribution in [-0.4, -0.2) is 60.4 Å². The number of ether oxygens (including phenoxy) is 1. The molecule has 2 saturated carbocycles. The largest absolute Gasteiger partial charge is 0.390 e. The first-order valence-corrected chi connectivity index (χ1v) is 13.0. The molecule has 3 fully saturated rings. The highest BCUT2D eigenvalue weighted by Crippen LogP contribution is 2.81. The molecule has 8 atom stereocenters. The number of aliphatic hydroxyl groups excluding tert-OH is 2. The molecule has 0 radical (unpaired) electrons. The van der Waals surface area contributed by atoms with Gasteiger partial charge in [0.15, 0.2) is 11.4 Å². The average Bonchev–Trinajstić information content (AvgIpc) is 2.60. The summed E-state index contributed by atoms with van der Waals surface area (Å²) in [5.41, 5.74) is -6.65. The van der Waals surface area contributed by atoms with Crippen LogP contribution in [0.15, 0.2) is 12.7 Å². The van der Waals surface area contributed by atoms with Crippen molar-refractivity contribution in [2.24, 2.45) is 27.6 Å². The summed E-state index contributed by atoms with van der Waals surface area (Å²) in [5.74, 6) is -0.821. The van der Waals surface area contributed by atoms with E-state index < -0.39 is 50.8 Å². The summed E-state index contributed by atoms with van der Waals surface area (Å²) in [6.45, 7) is 24.5. The van der Waals surface area contributed by atoms with Crippen molar-refractivity contribution in [2.75, 3.05) is 0 Å². The van der Waals surface area contributed by atoms with Crippen molar-refractivity contribution < 1.29 is 24.9 Å². The Balaban J connectivity index is 2.50. The maximum atomic E-state index is 14.1. The summed E-state index contributed by atoms with van der Waals surface area (Å²) < 4.78 is 6.44. The lowest BCUT2D eigenvalue weighted by Crippen LogP contribution is -2.88. The average molecular weight is 467 g/mol. The molecule has 0 aromatic rings. The van der Waals surface area contributed by atoms with Crippen molar-refractivity contribution in [1.82, 2.24) is 0 Å². The molecule has 2 aliphatic carbocycles. The Morgan fingerprint density at radius 3 is 2.03 bits per heavy atom. The normalized spacial score (nSPS) is 52.8. The van der Waals surface area contributed by atoms with E-state index in [-0.39, 0.29) is 23.0 Å². The summed E-state index contributed by atoms with van der Waals surface area (Å²) in [7, 11) is 0.686. The van der Waals surface area contributed by atoms with Gasteiger partial charge in [-0.05, 0) is 41.6 Å². The Bertz CT molecular complexity index is 846. The maximum absolute atomic E-state index is 14.1. The van der Waals surface area contributed by atoms with Crippen LogP contribution in [0, 0.1) is 27.6 Å².